The van der Waals surface area contributed by atoms with Crippen LogP contribution in [-0.4, -0.2) is 35.9 Å². The van der Waals surface area contributed by atoms with Crippen LogP contribution >= 0.6 is 0 Å². The summed E-state index contributed by atoms with van der Waals surface area (Å²) in [7, 11) is 1.46. The second kappa shape index (κ2) is 7.10. The lowest BCUT2D eigenvalue weighted by molar-refractivity contribution is -0.138. The predicted molar refractivity (Wildman–Crippen MR) is 88.2 cm³/mol. The van der Waals surface area contributed by atoms with Crippen LogP contribution < -0.4 is 16.2 Å². The van der Waals surface area contributed by atoms with Crippen molar-refractivity contribution in [2.24, 2.45) is 11.5 Å². The first-order valence-corrected chi connectivity index (χ1v) is 7.28. The zero-order valence-electron chi connectivity index (χ0n) is 13.1. The van der Waals surface area contributed by atoms with Gasteiger partial charge in [-0.15, -0.1) is 0 Å². The molecular weight excluding hydrogens is 312 g/mol. The number of benzene rings is 2. The van der Waals surface area contributed by atoms with E-state index < -0.39 is 17.9 Å². The van der Waals surface area contributed by atoms with Gasteiger partial charge in [-0.25, -0.2) is 0 Å². The summed E-state index contributed by atoms with van der Waals surface area (Å²) >= 11 is 0. The molecule has 0 saturated heterocycles. The minimum absolute atomic E-state index is 0.0350. The fourth-order valence-corrected chi connectivity index (χ4v) is 2.54. The van der Waals surface area contributed by atoms with Gasteiger partial charge in [0.25, 0.3) is 0 Å². The molecule has 7 heteroatoms. The molecule has 2 aromatic rings. The lowest BCUT2D eigenvalue weighted by Gasteiger charge is -2.14. The molecule has 0 aromatic heterocycles. The Labute approximate surface area is 138 Å². The highest BCUT2D eigenvalue weighted by atomic mass is 16.5. The molecule has 0 saturated carbocycles. The Morgan fingerprint density at radius 1 is 1.21 bits per heavy atom. The summed E-state index contributed by atoms with van der Waals surface area (Å²) in [5.41, 5.74) is 11.0. The minimum atomic E-state index is -1.18. The SMILES string of the molecule is COc1cc(C(N)=O)c(C(=O)CC[C@H](N)C(=O)O)c2ccccc12. The Hall–Kier alpha value is -2.93. The molecule has 5 N–H and O–H groups in total. The van der Waals surface area contributed by atoms with Gasteiger partial charge in [0.2, 0.25) is 5.91 Å². The van der Waals surface area contributed by atoms with Crippen molar-refractivity contribution in [2.45, 2.75) is 18.9 Å². The summed E-state index contributed by atoms with van der Waals surface area (Å²) in [5, 5.41) is 10.0. The van der Waals surface area contributed by atoms with Gasteiger partial charge in [-0.3, -0.25) is 14.4 Å². The van der Waals surface area contributed by atoms with Gasteiger partial charge in [-0.2, -0.15) is 0 Å². The number of ketones is 1. The number of primary amides is 1. The van der Waals surface area contributed by atoms with Crippen LogP contribution in [0.3, 0.4) is 0 Å². The lowest BCUT2D eigenvalue weighted by Crippen LogP contribution is -2.30. The maximum absolute atomic E-state index is 12.6. The lowest BCUT2D eigenvalue weighted by atomic mass is 9.92. The molecular formula is C17H18N2O5. The van der Waals surface area contributed by atoms with Gasteiger partial charge in [0.15, 0.2) is 5.78 Å². The number of hydrogen-bond donors (Lipinski definition) is 3. The third-order valence-corrected chi connectivity index (χ3v) is 3.77. The molecule has 0 aliphatic rings. The van der Waals surface area contributed by atoms with E-state index in [1.807, 2.05) is 0 Å². The minimum Gasteiger partial charge on any atom is -0.496 e. The molecule has 0 unspecified atom stereocenters. The number of Topliss-reactive ketones (excluding diaryl/α,β-unsaturated/α-hetero) is 1. The second-order valence-electron chi connectivity index (χ2n) is 5.32. The number of carboxylic acid groups (broad SMARTS) is 1. The van der Waals surface area contributed by atoms with Crippen LogP contribution in [0, 0.1) is 0 Å². The van der Waals surface area contributed by atoms with Crippen molar-refractivity contribution in [1.29, 1.82) is 0 Å². The average Bonchev–Trinajstić information content (AvgIpc) is 2.57. The number of amides is 1. The average molecular weight is 330 g/mol. The molecule has 7 nitrogen and oxygen atoms in total. The van der Waals surface area contributed by atoms with E-state index in [1.54, 1.807) is 24.3 Å². The Morgan fingerprint density at radius 2 is 1.83 bits per heavy atom. The first kappa shape index (κ1) is 17.4. The Bertz CT molecular complexity index is 816. The van der Waals surface area contributed by atoms with Gasteiger partial charge in [-0.05, 0) is 17.9 Å². The molecule has 126 valence electrons. The van der Waals surface area contributed by atoms with E-state index in [-0.39, 0.29) is 29.8 Å². The summed E-state index contributed by atoms with van der Waals surface area (Å²) in [4.78, 5) is 35.2. The van der Waals surface area contributed by atoms with Crippen LogP contribution in [0.1, 0.15) is 33.6 Å². The van der Waals surface area contributed by atoms with E-state index in [0.717, 1.165) is 0 Å². The van der Waals surface area contributed by atoms with Crippen LogP contribution in [0.2, 0.25) is 0 Å². The van der Waals surface area contributed by atoms with Crippen molar-refractivity contribution in [2.75, 3.05) is 7.11 Å². The number of fused-ring (bicyclic) bond motifs is 1. The Kier molecular flexibility index (Phi) is 5.15. The Morgan fingerprint density at radius 3 is 2.38 bits per heavy atom. The molecule has 0 fully saturated rings. The smallest absolute Gasteiger partial charge is 0.320 e. The molecule has 0 radical (unpaired) electrons. The quantitative estimate of drug-likeness (QED) is 0.656. The number of rotatable bonds is 7. The number of aliphatic carboxylic acids is 1. The van der Waals surface area contributed by atoms with Crippen LogP contribution in [0.5, 0.6) is 5.75 Å². The number of nitrogens with two attached hydrogens (primary N) is 2. The zero-order chi connectivity index (χ0) is 17.9. The molecule has 2 rings (SSSR count). The molecule has 0 spiro atoms. The summed E-state index contributed by atoms with van der Waals surface area (Å²) in [6.07, 6.45) is -0.142. The van der Waals surface area contributed by atoms with Crippen molar-refractivity contribution in [3.8, 4) is 5.75 Å². The highest BCUT2D eigenvalue weighted by Crippen LogP contribution is 2.32. The Balaban J connectivity index is 2.55. The van der Waals surface area contributed by atoms with E-state index in [1.165, 1.54) is 13.2 Å². The summed E-state index contributed by atoms with van der Waals surface area (Å²) in [5.74, 6) is -1.90. The molecule has 2 aromatic carbocycles. The van der Waals surface area contributed by atoms with Gasteiger partial charge in [0.05, 0.1) is 12.7 Å². The maximum atomic E-state index is 12.6. The van der Waals surface area contributed by atoms with E-state index in [0.29, 0.717) is 16.5 Å². The second-order valence-corrected chi connectivity index (χ2v) is 5.32. The number of carboxylic acids is 1. The van der Waals surface area contributed by atoms with Crippen LogP contribution in [0.25, 0.3) is 10.8 Å². The maximum Gasteiger partial charge on any atom is 0.320 e. The molecule has 0 aliphatic carbocycles. The van der Waals surface area contributed by atoms with Gasteiger partial charge >= 0.3 is 5.97 Å². The van der Waals surface area contributed by atoms with Crippen molar-refractivity contribution < 1.29 is 24.2 Å². The molecule has 0 heterocycles. The standard InChI is InChI=1S/C17H18N2O5/c1-24-14-8-11(16(19)21)15(10-5-3-2-4-9(10)14)13(20)7-6-12(18)17(22)23/h2-5,8,12H,6-7,18H2,1H3,(H2,19,21)(H,22,23)/t12-/m0/s1. The van der Waals surface area contributed by atoms with Crippen LogP contribution in [0.4, 0.5) is 0 Å². The number of carbonyl (C=O) groups excluding carboxylic acids is 2. The van der Waals surface area contributed by atoms with Crippen LogP contribution in [-0.2, 0) is 4.79 Å². The molecule has 1 amide bonds. The fraction of sp³-hybridized carbons (Fsp3) is 0.235. The molecule has 0 aliphatic heterocycles. The topological polar surface area (TPSA) is 133 Å². The number of ether oxygens (including phenoxy) is 1. The van der Waals surface area contributed by atoms with E-state index in [4.69, 9.17) is 21.3 Å². The first-order valence-electron chi connectivity index (χ1n) is 7.28. The van der Waals surface area contributed by atoms with Crippen molar-refractivity contribution in [3.05, 3.63) is 41.5 Å². The summed E-state index contributed by atoms with van der Waals surface area (Å²) < 4.78 is 5.27. The van der Waals surface area contributed by atoms with Gasteiger partial charge in [-0.1, -0.05) is 24.3 Å². The molecule has 24 heavy (non-hydrogen) atoms. The highest BCUT2D eigenvalue weighted by molar-refractivity contribution is 6.17. The molecule has 0 bridgehead atoms. The summed E-state index contributed by atoms with van der Waals surface area (Å²) in [6.45, 7) is 0. The third kappa shape index (κ3) is 3.36. The third-order valence-electron chi connectivity index (χ3n) is 3.77. The first-order chi connectivity index (χ1) is 11.4. The highest BCUT2D eigenvalue weighted by Gasteiger charge is 2.22. The van der Waals surface area contributed by atoms with E-state index in [9.17, 15) is 14.4 Å². The predicted octanol–water partition coefficient (Wildman–Crippen LogP) is 1.32. The normalized spacial score (nSPS) is 11.9. The number of methoxy groups -OCH3 is 1. The van der Waals surface area contributed by atoms with E-state index in [2.05, 4.69) is 0 Å². The van der Waals surface area contributed by atoms with Crippen molar-refractivity contribution in [3.63, 3.8) is 0 Å². The van der Waals surface area contributed by atoms with Gasteiger partial charge < -0.3 is 21.3 Å². The summed E-state index contributed by atoms with van der Waals surface area (Å²) in [6, 6.07) is 7.24. The van der Waals surface area contributed by atoms with Gasteiger partial charge in [0.1, 0.15) is 11.8 Å². The number of hydrogen-bond acceptors (Lipinski definition) is 5. The van der Waals surface area contributed by atoms with Gasteiger partial charge in [0, 0.05) is 17.4 Å². The monoisotopic (exact) mass is 330 g/mol. The molecule has 1 atom stereocenters. The fourth-order valence-electron chi connectivity index (χ4n) is 2.54. The van der Waals surface area contributed by atoms with Crippen LogP contribution in [0.15, 0.2) is 30.3 Å². The number of carbonyl (C=O) groups is 3. The largest absolute Gasteiger partial charge is 0.496 e. The van der Waals surface area contributed by atoms with E-state index >= 15 is 0 Å². The zero-order valence-corrected chi connectivity index (χ0v) is 13.1. The van der Waals surface area contributed by atoms with Crippen molar-refractivity contribution >= 4 is 28.4 Å². The van der Waals surface area contributed by atoms with Crippen molar-refractivity contribution in [1.82, 2.24) is 0 Å².